The Labute approximate surface area is 190 Å². The number of benzene rings is 2. The number of hydrogen-bond donors (Lipinski definition) is 2. The molecule has 1 aromatic heterocycles. The van der Waals surface area contributed by atoms with Crippen molar-refractivity contribution in [1.82, 2.24) is 15.1 Å². The van der Waals surface area contributed by atoms with Gasteiger partial charge in [0, 0.05) is 0 Å². The van der Waals surface area contributed by atoms with E-state index in [1.807, 2.05) is 13.8 Å². The first-order chi connectivity index (χ1) is 15.7. The van der Waals surface area contributed by atoms with E-state index in [9.17, 15) is 19.1 Å². The number of methoxy groups -OCH3 is 2. The van der Waals surface area contributed by atoms with Crippen molar-refractivity contribution in [2.75, 3.05) is 14.2 Å². The van der Waals surface area contributed by atoms with Crippen LogP contribution in [0.25, 0.3) is 16.9 Å². The van der Waals surface area contributed by atoms with E-state index in [-0.39, 0.29) is 18.0 Å². The summed E-state index contributed by atoms with van der Waals surface area (Å²) in [6.07, 6.45) is 0.263. The fraction of sp³-hybridized carbons (Fsp3) is 0.292. The van der Waals surface area contributed by atoms with Crippen LogP contribution in [0.3, 0.4) is 0 Å². The summed E-state index contributed by atoms with van der Waals surface area (Å²) < 4.78 is 26.4. The van der Waals surface area contributed by atoms with E-state index in [2.05, 4.69) is 10.4 Å². The average molecular weight is 455 g/mol. The Morgan fingerprint density at radius 1 is 1.09 bits per heavy atom. The summed E-state index contributed by atoms with van der Waals surface area (Å²) in [6.45, 7) is 3.74. The first kappa shape index (κ1) is 23.8. The first-order valence-electron chi connectivity index (χ1n) is 10.4. The molecule has 2 N–H and O–H groups in total. The second-order valence-corrected chi connectivity index (χ2v) is 7.84. The predicted octanol–water partition coefficient (Wildman–Crippen LogP) is 3.92. The molecule has 0 radical (unpaired) electrons. The summed E-state index contributed by atoms with van der Waals surface area (Å²) in [4.78, 5) is 24.6. The van der Waals surface area contributed by atoms with Crippen LogP contribution in [0.1, 0.15) is 30.8 Å². The van der Waals surface area contributed by atoms with Crippen LogP contribution in [0.2, 0.25) is 0 Å². The number of nitrogens with one attached hydrogen (secondary N) is 1. The van der Waals surface area contributed by atoms with Crippen molar-refractivity contribution < 1.29 is 28.6 Å². The van der Waals surface area contributed by atoms with Gasteiger partial charge in [0.25, 0.3) is 5.91 Å². The van der Waals surface area contributed by atoms with Gasteiger partial charge in [-0.3, -0.25) is 4.79 Å². The molecule has 3 aromatic rings. The molecular formula is C24H26FN3O5. The molecule has 0 aliphatic carbocycles. The molecule has 0 aliphatic rings. The number of nitrogens with zero attached hydrogens (tertiary/aromatic N) is 2. The molecule has 8 nitrogen and oxygen atoms in total. The fourth-order valence-corrected chi connectivity index (χ4v) is 3.50. The van der Waals surface area contributed by atoms with Gasteiger partial charge in [0.05, 0.1) is 31.2 Å². The van der Waals surface area contributed by atoms with Gasteiger partial charge >= 0.3 is 5.97 Å². The zero-order valence-corrected chi connectivity index (χ0v) is 18.8. The van der Waals surface area contributed by atoms with Crippen LogP contribution in [0.5, 0.6) is 11.5 Å². The highest BCUT2D eigenvalue weighted by Crippen LogP contribution is 2.39. The number of ether oxygens (including phenoxy) is 2. The third-order valence-corrected chi connectivity index (χ3v) is 4.99. The summed E-state index contributed by atoms with van der Waals surface area (Å²) >= 11 is 0. The van der Waals surface area contributed by atoms with Crippen molar-refractivity contribution in [2.24, 2.45) is 5.92 Å². The Morgan fingerprint density at radius 3 is 2.27 bits per heavy atom. The van der Waals surface area contributed by atoms with E-state index in [0.717, 1.165) is 0 Å². The summed E-state index contributed by atoms with van der Waals surface area (Å²) in [6, 6.07) is 11.4. The maximum absolute atomic E-state index is 14.0. The van der Waals surface area contributed by atoms with Gasteiger partial charge in [-0.1, -0.05) is 26.0 Å². The Hall–Kier alpha value is -3.88. The van der Waals surface area contributed by atoms with Crippen LogP contribution in [0.4, 0.5) is 4.39 Å². The number of aliphatic carboxylic acids is 1. The zero-order valence-electron chi connectivity index (χ0n) is 18.8. The van der Waals surface area contributed by atoms with Gasteiger partial charge < -0.3 is 19.9 Å². The number of carboxylic acids is 1. The molecule has 0 unspecified atom stereocenters. The summed E-state index contributed by atoms with van der Waals surface area (Å²) in [5.41, 5.74) is 1.26. The lowest BCUT2D eigenvalue weighted by molar-refractivity contribution is -0.139. The highest BCUT2D eigenvalue weighted by atomic mass is 19.1. The second-order valence-electron chi connectivity index (χ2n) is 7.84. The van der Waals surface area contributed by atoms with Gasteiger partial charge in [0.15, 0.2) is 5.69 Å². The van der Waals surface area contributed by atoms with Crippen LogP contribution in [-0.4, -0.2) is 47.0 Å². The number of halogens is 1. The Bertz CT molecular complexity index is 1140. The number of aromatic nitrogens is 2. The van der Waals surface area contributed by atoms with Gasteiger partial charge in [-0.2, -0.15) is 5.10 Å². The molecule has 0 saturated heterocycles. The molecule has 1 heterocycles. The Balaban J connectivity index is 2.15. The van der Waals surface area contributed by atoms with E-state index in [4.69, 9.17) is 9.47 Å². The van der Waals surface area contributed by atoms with Gasteiger partial charge in [-0.05, 0) is 48.7 Å². The number of carboxylic acid groups (broad SMARTS) is 1. The van der Waals surface area contributed by atoms with E-state index in [0.29, 0.717) is 28.4 Å². The molecule has 1 amide bonds. The van der Waals surface area contributed by atoms with Crippen LogP contribution < -0.4 is 14.8 Å². The SMILES string of the molecule is COc1cccc(OC)c1-c1cc(C(=O)N[C@@H](CC(C)C)C(=O)O)nn1-c1cccc(F)c1. The molecular weight excluding hydrogens is 429 g/mol. The van der Waals surface area contributed by atoms with E-state index in [1.165, 1.54) is 43.2 Å². The van der Waals surface area contributed by atoms with Crippen LogP contribution in [0, 0.1) is 11.7 Å². The maximum atomic E-state index is 14.0. The molecule has 174 valence electrons. The second kappa shape index (κ2) is 10.2. The minimum atomic E-state index is -1.13. The van der Waals surface area contributed by atoms with E-state index < -0.39 is 23.7 Å². The van der Waals surface area contributed by atoms with Crippen molar-refractivity contribution >= 4 is 11.9 Å². The smallest absolute Gasteiger partial charge is 0.326 e. The number of carbonyl (C=O) groups is 2. The molecule has 0 fully saturated rings. The zero-order chi connectivity index (χ0) is 24.1. The van der Waals surface area contributed by atoms with E-state index >= 15 is 0 Å². The minimum absolute atomic E-state index is 0.0303. The lowest BCUT2D eigenvalue weighted by Gasteiger charge is -2.15. The molecule has 3 rings (SSSR count). The highest BCUT2D eigenvalue weighted by Gasteiger charge is 2.26. The Kier molecular flexibility index (Phi) is 7.32. The van der Waals surface area contributed by atoms with Crippen molar-refractivity contribution in [1.29, 1.82) is 0 Å². The Morgan fingerprint density at radius 2 is 1.73 bits per heavy atom. The topological polar surface area (TPSA) is 103 Å². The molecule has 9 heteroatoms. The van der Waals surface area contributed by atoms with Crippen molar-refractivity contribution in [3.8, 4) is 28.4 Å². The van der Waals surface area contributed by atoms with E-state index in [1.54, 1.807) is 24.3 Å². The quantitative estimate of drug-likeness (QED) is 0.507. The number of carbonyl (C=O) groups excluding carboxylic acids is 1. The summed E-state index contributed by atoms with van der Waals surface area (Å²) in [5.74, 6) is -1.29. The fourth-order valence-electron chi connectivity index (χ4n) is 3.50. The lowest BCUT2D eigenvalue weighted by Crippen LogP contribution is -2.41. The first-order valence-corrected chi connectivity index (χ1v) is 10.4. The molecule has 0 saturated carbocycles. The van der Waals surface area contributed by atoms with Crippen LogP contribution in [-0.2, 0) is 4.79 Å². The standard InChI is InChI=1S/C24H26FN3O5/c1-14(2)11-18(24(30)31)26-23(29)17-13-19(22-20(32-3)9-6-10-21(22)33-4)28(27-17)16-8-5-7-15(25)12-16/h5-10,12-14,18H,11H2,1-4H3,(H,26,29)(H,30,31)/t18-/m0/s1. The largest absolute Gasteiger partial charge is 0.496 e. The van der Waals surface area contributed by atoms with Crippen LogP contribution in [0.15, 0.2) is 48.5 Å². The van der Waals surface area contributed by atoms with Crippen molar-refractivity contribution in [3.05, 3.63) is 60.0 Å². The normalized spacial score (nSPS) is 11.8. The molecule has 0 bridgehead atoms. The molecule has 2 aromatic carbocycles. The van der Waals surface area contributed by atoms with Gasteiger partial charge in [-0.15, -0.1) is 0 Å². The monoisotopic (exact) mass is 455 g/mol. The number of amides is 1. The number of hydrogen-bond acceptors (Lipinski definition) is 5. The summed E-state index contributed by atoms with van der Waals surface area (Å²) in [5, 5.41) is 16.4. The van der Waals surface area contributed by atoms with Crippen LogP contribution >= 0.6 is 0 Å². The number of rotatable bonds is 9. The average Bonchev–Trinajstić information content (AvgIpc) is 3.22. The molecule has 33 heavy (non-hydrogen) atoms. The van der Waals surface area contributed by atoms with Gasteiger partial charge in [0.1, 0.15) is 23.4 Å². The van der Waals surface area contributed by atoms with Gasteiger partial charge in [0.2, 0.25) is 0 Å². The predicted molar refractivity (Wildman–Crippen MR) is 120 cm³/mol. The molecule has 0 spiro atoms. The molecule has 0 aliphatic heterocycles. The van der Waals surface area contributed by atoms with Crippen molar-refractivity contribution in [2.45, 2.75) is 26.3 Å². The maximum Gasteiger partial charge on any atom is 0.326 e. The highest BCUT2D eigenvalue weighted by molar-refractivity contribution is 5.96. The van der Waals surface area contributed by atoms with Gasteiger partial charge in [-0.25, -0.2) is 13.9 Å². The minimum Gasteiger partial charge on any atom is -0.496 e. The third-order valence-electron chi connectivity index (χ3n) is 4.99. The molecule has 1 atom stereocenters. The third kappa shape index (κ3) is 5.31. The van der Waals surface area contributed by atoms with Crippen molar-refractivity contribution in [3.63, 3.8) is 0 Å². The summed E-state index contributed by atoms with van der Waals surface area (Å²) in [7, 11) is 3.00. The lowest BCUT2D eigenvalue weighted by atomic mass is 10.0.